The zero-order valence-corrected chi connectivity index (χ0v) is 11.8. The minimum atomic E-state index is -0.488. The van der Waals surface area contributed by atoms with E-state index in [4.69, 9.17) is 16.3 Å². The molecule has 0 saturated heterocycles. The average molecular weight is 272 g/mol. The van der Waals surface area contributed by atoms with Crippen molar-refractivity contribution in [3.8, 4) is 5.75 Å². The molecule has 0 unspecified atom stereocenters. The molecule has 2 N–H and O–H groups in total. The molecule has 0 fully saturated rings. The van der Waals surface area contributed by atoms with Crippen molar-refractivity contribution >= 4 is 11.6 Å². The van der Waals surface area contributed by atoms with Gasteiger partial charge in [0.1, 0.15) is 18.5 Å². The Bertz CT molecular complexity index is 358. The summed E-state index contributed by atoms with van der Waals surface area (Å²) in [5.41, 5.74) is 0.977. The predicted molar refractivity (Wildman–Crippen MR) is 75.5 cm³/mol. The Morgan fingerprint density at radius 3 is 2.89 bits per heavy atom. The van der Waals surface area contributed by atoms with E-state index in [1.807, 2.05) is 19.1 Å². The first-order valence-electron chi connectivity index (χ1n) is 6.41. The van der Waals surface area contributed by atoms with Crippen molar-refractivity contribution in [2.45, 2.75) is 32.8 Å². The Morgan fingerprint density at radius 2 is 2.22 bits per heavy atom. The van der Waals surface area contributed by atoms with Gasteiger partial charge in [-0.25, -0.2) is 0 Å². The lowest BCUT2D eigenvalue weighted by atomic mass is 10.2. The van der Waals surface area contributed by atoms with Gasteiger partial charge in [0.05, 0.1) is 0 Å². The van der Waals surface area contributed by atoms with Crippen molar-refractivity contribution in [1.82, 2.24) is 5.32 Å². The summed E-state index contributed by atoms with van der Waals surface area (Å²) < 4.78 is 5.51. The second kappa shape index (κ2) is 8.35. The fourth-order valence-corrected chi connectivity index (χ4v) is 1.65. The summed E-state index contributed by atoms with van der Waals surface area (Å²) in [6.07, 6.45) is 1.80. The number of aliphatic hydroxyl groups excluding tert-OH is 1. The molecule has 18 heavy (non-hydrogen) atoms. The van der Waals surface area contributed by atoms with E-state index < -0.39 is 6.10 Å². The van der Waals surface area contributed by atoms with Crippen LogP contribution in [-0.2, 0) is 0 Å². The monoisotopic (exact) mass is 271 g/mol. The molecule has 0 saturated carbocycles. The van der Waals surface area contributed by atoms with Crippen LogP contribution < -0.4 is 10.1 Å². The number of aliphatic hydroxyl groups is 1. The van der Waals surface area contributed by atoms with E-state index in [1.54, 1.807) is 6.07 Å². The quantitative estimate of drug-likeness (QED) is 0.715. The summed E-state index contributed by atoms with van der Waals surface area (Å²) in [7, 11) is 0. The highest BCUT2D eigenvalue weighted by atomic mass is 35.5. The molecule has 0 bridgehead atoms. The molecule has 0 aromatic heterocycles. The molecule has 0 aliphatic rings. The molecule has 102 valence electrons. The number of benzene rings is 1. The van der Waals surface area contributed by atoms with Gasteiger partial charge in [-0.1, -0.05) is 24.9 Å². The number of rotatable bonds is 8. The van der Waals surface area contributed by atoms with Crippen molar-refractivity contribution in [2.24, 2.45) is 0 Å². The number of ether oxygens (including phenoxy) is 1. The molecule has 0 aliphatic heterocycles. The van der Waals surface area contributed by atoms with E-state index in [9.17, 15) is 5.11 Å². The van der Waals surface area contributed by atoms with E-state index >= 15 is 0 Å². The van der Waals surface area contributed by atoms with Crippen LogP contribution in [0.3, 0.4) is 0 Å². The molecule has 0 radical (unpaired) electrons. The second-order valence-corrected chi connectivity index (χ2v) is 4.84. The molecule has 1 atom stereocenters. The summed E-state index contributed by atoms with van der Waals surface area (Å²) in [6, 6.07) is 5.49. The van der Waals surface area contributed by atoms with Crippen LogP contribution >= 0.6 is 11.6 Å². The average Bonchev–Trinajstić information content (AvgIpc) is 2.36. The Morgan fingerprint density at radius 1 is 1.44 bits per heavy atom. The summed E-state index contributed by atoms with van der Waals surface area (Å²) in [4.78, 5) is 0. The maximum Gasteiger partial charge on any atom is 0.119 e. The Hall–Kier alpha value is -0.770. The molecule has 0 heterocycles. The first-order chi connectivity index (χ1) is 8.63. The SMILES string of the molecule is CCCCNC[C@H](O)COc1ccc(Cl)c(C)c1. The Balaban J connectivity index is 2.24. The van der Waals surface area contributed by atoms with Crippen LogP contribution in [0, 0.1) is 6.92 Å². The standard InChI is InChI=1S/C14H22ClNO2/c1-3-4-7-16-9-12(17)10-18-13-5-6-14(15)11(2)8-13/h5-6,8,12,16-17H,3-4,7,9-10H2,1-2H3/t12-/m0/s1. The van der Waals surface area contributed by atoms with Gasteiger partial charge in [-0.3, -0.25) is 0 Å². The highest BCUT2D eigenvalue weighted by Gasteiger charge is 2.05. The van der Waals surface area contributed by atoms with E-state index in [0.29, 0.717) is 13.2 Å². The Labute approximate surface area is 114 Å². The largest absolute Gasteiger partial charge is 0.491 e. The van der Waals surface area contributed by atoms with Crippen LogP contribution in [-0.4, -0.2) is 30.9 Å². The first-order valence-corrected chi connectivity index (χ1v) is 6.79. The van der Waals surface area contributed by atoms with Crippen LogP contribution in [0.2, 0.25) is 5.02 Å². The molecule has 3 nitrogen and oxygen atoms in total. The van der Waals surface area contributed by atoms with Gasteiger partial charge >= 0.3 is 0 Å². The Kier molecular flexibility index (Phi) is 7.09. The van der Waals surface area contributed by atoms with E-state index in [1.165, 1.54) is 0 Å². The zero-order valence-electron chi connectivity index (χ0n) is 11.1. The molecule has 0 aliphatic carbocycles. The normalized spacial score (nSPS) is 12.4. The van der Waals surface area contributed by atoms with Crippen molar-refractivity contribution in [3.05, 3.63) is 28.8 Å². The summed E-state index contributed by atoms with van der Waals surface area (Å²) in [5, 5.41) is 13.6. The highest BCUT2D eigenvalue weighted by Crippen LogP contribution is 2.20. The molecular weight excluding hydrogens is 250 g/mol. The molecule has 1 rings (SSSR count). The van der Waals surface area contributed by atoms with Gasteiger partial charge in [-0.05, 0) is 43.7 Å². The van der Waals surface area contributed by atoms with Crippen molar-refractivity contribution in [1.29, 1.82) is 0 Å². The van der Waals surface area contributed by atoms with Gasteiger partial charge < -0.3 is 15.2 Å². The number of halogens is 1. The number of hydrogen-bond donors (Lipinski definition) is 2. The third kappa shape index (κ3) is 5.71. The molecule has 0 amide bonds. The fourth-order valence-electron chi connectivity index (χ4n) is 1.53. The van der Waals surface area contributed by atoms with Gasteiger partial charge in [0.15, 0.2) is 0 Å². The minimum absolute atomic E-state index is 0.292. The highest BCUT2D eigenvalue weighted by molar-refractivity contribution is 6.31. The first kappa shape index (κ1) is 15.3. The number of nitrogens with one attached hydrogen (secondary N) is 1. The fraction of sp³-hybridized carbons (Fsp3) is 0.571. The second-order valence-electron chi connectivity index (χ2n) is 4.43. The maximum atomic E-state index is 9.72. The number of unbranched alkanes of at least 4 members (excludes halogenated alkanes) is 1. The van der Waals surface area contributed by atoms with Crippen molar-refractivity contribution in [3.63, 3.8) is 0 Å². The van der Waals surface area contributed by atoms with Crippen molar-refractivity contribution < 1.29 is 9.84 Å². The molecular formula is C14H22ClNO2. The molecule has 4 heteroatoms. The zero-order chi connectivity index (χ0) is 13.4. The van der Waals surface area contributed by atoms with Gasteiger partial charge in [-0.2, -0.15) is 0 Å². The van der Waals surface area contributed by atoms with Crippen LogP contribution in [0.5, 0.6) is 5.75 Å². The topological polar surface area (TPSA) is 41.5 Å². The van der Waals surface area contributed by atoms with E-state index in [-0.39, 0.29) is 0 Å². The van der Waals surface area contributed by atoms with Crippen LogP contribution in [0.25, 0.3) is 0 Å². The maximum absolute atomic E-state index is 9.72. The van der Waals surface area contributed by atoms with Crippen molar-refractivity contribution in [2.75, 3.05) is 19.7 Å². The van der Waals surface area contributed by atoms with Gasteiger partial charge in [0.25, 0.3) is 0 Å². The lowest BCUT2D eigenvalue weighted by molar-refractivity contribution is 0.106. The summed E-state index contributed by atoms with van der Waals surface area (Å²) >= 11 is 5.93. The van der Waals surface area contributed by atoms with Gasteiger partial charge in [0, 0.05) is 11.6 Å². The van der Waals surface area contributed by atoms with Crippen LogP contribution in [0.4, 0.5) is 0 Å². The lowest BCUT2D eigenvalue weighted by Gasteiger charge is -2.13. The smallest absolute Gasteiger partial charge is 0.119 e. The lowest BCUT2D eigenvalue weighted by Crippen LogP contribution is -2.31. The van der Waals surface area contributed by atoms with E-state index in [0.717, 1.165) is 35.7 Å². The summed E-state index contributed by atoms with van der Waals surface area (Å²) in [5.74, 6) is 0.740. The van der Waals surface area contributed by atoms with E-state index in [2.05, 4.69) is 12.2 Å². The van der Waals surface area contributed by atoms with Gasteiger partial charge in [0.2, 0.25) is 0 Å². The number of aryl methyl sites for hydroxylation is 1. The number of hydrogen-bond acceptors (Lipinski definition) is 3. The van der Waals surface area contributed by atoms with Crippen LogP contribution in [0.1, 0.15) is 25.3 Å². The summed E-state index contributed by atoms with van der Waals surface area (Å²) in [6.45, 7) is 5.86. The van der Waals surface area contributed by atoms with Crippen LogP contribution in [0.15, 0.2) is 18.2 Å². The third-order valence-electron chi connectivity index (χ3n) is 2.66. The predicted octanol–water partition coefficient (Wildman–Crippen LogP) is 2.78. The van der Waals surface area contributed by atoms with Gasteiger partial charge in [-0.15, -0.1) is 0 Å². The third-order valence-corrected chi connectivity index (χ3v) is 3.08. The molecule has 1 aromatic rings. The minimum Gasteiger partial charge on any atom is -0.491 e. The molecule has 0 spiro atoms. The molecule has 1 aromatic carbocycles.